The average molecular weight is 370 g/mol. The average Bonchev–Trinajstić information content (AvgIpc) is 3.00. The molecule has 3 rings (SSSR count). The van der Waals surface area contributed by atoms with Crippen molar-refractivity contribution in [3.63, 3.8) is 0 Å². The van der Waals surface area contributed by atoms with Gasteiger partial charge in [0.05, 0.1) is 25.7 Å². The van der Waals surface area contributed by atoms with Crippen molar-refractivity contribution >= 4 is 22.7 Å². The summed E-state index contributed by atoms with van der Waals surface area (Å²) in [6.07, 6.45) is 0. The van der Waals surface area contributed by atoms with E-state index in [1.807, 2.05) is 26.0 Å². The second-order valence-corrected chi connectivity index (χ2v) is 6.55. The molecule has 2 aromatic carbocycles. The second-order valence-electron chi connectivity index (χ2n) is 6.55. The van der Waals surface area contributed by atoms with Crippen LogP contribution in [-0.4, -0.2) is 25.1 Å². The molecule has 1 aromatic heterocycles. The van der Waals surface area contributed by atoms with Gasteiger partial charge in [0.2, 0.25) is 5.91 Å². The number of oxazole rings is 1. The Morgan fingerprint density at radius 1 is 1.07 bits per heavy atom. The quantitative estimate of drug-likeness (QED) is 0.692. The zero-order valence-corrected chi connectivity index (χ0v) is 15.7. The highest BCUT2D eigenvalue weighted by atomic mass is 16.5. The van der Waals surface area contributed by atoms with Crippen LogP contribution >= 0.6 is 0 Å². The van der Waals surface area contributed by atoms with Gasteiger partial charge in [-0.1, -0.05) is 19.9 Å². The Bertz CT molecular complexity index is 1020. The standard InChI is InChI=1S/C20H22N2O5/c1-11(2)18(12-5-7-16(25-3)17(9-12)26-4)19(23)21-13-6-8-15-14(10-13)22-20(24)27-15/h5-11,18H,1-4H3,(H,21,23)(H,22,24). The summed E-state index contributed by atoms with van der Waals surface area (Å²) in [7, 11) is 3.13. The van der Waals surface area contributed by atoms with Crippen molar-refractivity contribution in [1.82, 2.24) is 4.98 Å². The number of ether oxygens (including phenoxy) is 2. The zero-order chi connectivity index (χ0) is 19.6. The number of aromatic nitrogens is 1. The molecule has 0 aliphatic heterocycles. The summed E-state index contributed by atoms with van der Waals surface area (Å²) in [5, 5.41) is 2.91. The van der Waals surface area contributed by atoms with Crippen molar-refractivity contribution in [2.24, 2.45) is 5.92 Å². The van der Waals surface area contributed by atoms with Gasteiger partial charge in [-0.3, -0.25) is 9.78 Å². The van der Waals surface area contributed by atoms with Gasteiger partial charge in [-0.25, -0.2) is 4.79 Å². The highest BCUT2D eigenvalue weighted by molar-refractivity contribution is 5.97. The Balaban J connectivity index is 1.89. The number of nitrogens with one attached hydrogen (secondary N) is 2. The molecule has 142 valence electrons. The van der Waals surface area contributed by atoms with Crippen molar-refractivity contribution in [1.29, 1.82) is 0 Å². The number of hydrogen-bond acceptors (Lipinski definition) is 5. The minimum atomic E-state index is -0.529. The van der Waals surface area contributed by atoms with Crippen LogP contribution in [0.2, 0.25) is 0 Å². The number of carbonyl (C=O) groups is 1. The molecule has 0 fully saturated rings. The lowest BCUT2D eigenvalue weighted by atomic mass is 9.87. The Morgan fingerprint density at radius 3 is 2.48 bits per heavy atom. The van der Waals surface area contributed by atoms with E-state index in [4.69, 9.17) is 13.9 Å². The summed E-state index contributed by atoms with van der Waals surface area (Å²) in [5.41, 5.74) is 2.39. The monoisotopic (exact) mass is 370 g/mol. The van der Waals surface area contributed by atoms with E-state index >= 15 is 0 Å². The maximum Gasteiger partial charge on any atom is 0.417 e. The maximum atomic E-state index is 13.0. The van der Waals surface area contributed by atoms with Gasteiger partial charge in [0, 0.05) is 5.69 Å². The fraction of sp³-hybridized carbons (Fsp3) is 0.300. The second kappa shape index (κ2) is 7.57. The summed E-state index contributed by atoms with van der Waals surface area (Å²) in [6, 6.07) is 10.5. The Kier molecular flexibility index (Phi) is 5.21. The topological polar surface area (TPSA) is 93.6 Å². The van der Waals surface area contributed by atoms with Gasteiger partial charge in [-0.05, 0) is 41.8 Å². The van der Waals surface area contributed by atoms with E-state index in [0.717, 1.165) is 5.56 Å². The summed E-state index contributed by atoms with van der Waals surface area (Å²) in [4.78, 5) is 26.8. The molecule has 0 radical (unpaired) electrons. The first kappa shape index (κ1) is 18.6. The van der Waals surface area contributed by atoms with Crippen molar-refractivity contribution < 1.29 is 18.7 Å². The third-order valence-corrected chi connectivity index (χ3v) is 4.40. The number of amides is 1. The molecule has 2 N–H and O–H groups in total. The zero-order valence-electron chi connectivity index (χ0n) is 15.7. The third kappa shape index (κ3) is 3.81. The number of fused-ring (bicyclic) bond motifs is 1. The van der Waals surface area contributed by atoms with Crippen LogP contribution in [0.3, 0.4) is 0 Å². The van der Waals surface area contributed by atoms with Gasteiger partial charge in [0.1, 0.15) is 0 Å². The predicted molar refractivity (Wildman–Crippen MR) is 103 cm³/mol. The molecule has 0 aliphatic carbocycles. The fourth-order valence-electron chi connectivity index (χ4n) is 3.14. The molecule has 27 heavy (non-hydrogen) atoms. The first-order valence-electron chi connectivity index (χ1n) is 8.58. The molecule has 0 saturated heterocycles. The molecule has 3 aromatic rings. The van der Waals surface area contributed by atoms with Crippen LogP contribution in [0.4, 0.5) is 5.69 Å². The van der Waals surface area contributed by atoms with E-state index in [1.165, 1.54) is 0 Å². The van der Waals surface area contributed by atoms with E-state index in [1.54, 1.807) is 38.5 Å². The molecule has 0 spiro atoms. The molecular weight excluding hydrogens is 348 g/mol. The van der Waals surface area contributed by atoms with Crippen LogP contribution in [0.5, 0.6) is 11.5 Å². The van der Waals surface area contributed by atoms with Crippen LogP contribution in [0, 0.1) is 5.92 Å². The molecule has 7 heteroatoms. The highest BCUT2D eigenvalue weighted by Crippen LogP contribution is 2.34. The van der Waals surface area contributed by atoms with E-state index < -0.39 is 5.76 Å². The predicted octanol–water partition coefficient (Wildman–Crippen LogP) is 3.52. The first-order chi connectivity index (χ1) is 12.9. The van der Waals surface area contributed by atoms with Crippen LogP contribution in [0.1, 0.15) is 25.3 Å². The number of hydrogen-bond donors (Lipinski definition) is 2. The molecule has 0 saturated carbocycles. The SMILES string of the molecule is COc1ccc(C(C(=O)Nc2ccc3oc(=O)[nH]c3c2)C(C)C)cc1OC. The van der Waals surface area contributed by atoms with E-state index in [0.29, 0.717) is 28.3 Å². The number of H-pyrrole nitrogens is 1. The Labute approximate surface area is 156 Å². The third-order valence-electron chi connectivity index (χ3n) is 4.40. The number of carbonyl (C=O) groups excluding carboxylic acids is 1. The summed E-state index contributed by atoms with van der Waals surface area (Å²) in [6.45, 7) is 3.97. The summed E-state index contributed by atoms with van der Waals surface area (Å²) >= 11 is 0. The number of methoxy groups -OCH3 is 2. The van der Waals surface area contributed by atoms with Crippen molar-refractivity contribution in [3.8, 4) is 11.5 Å². The normalized spacial score (nSPS) is 12.2. The van der Waals surface area contributed by atoms with Gasteiger partial charge >= 0.3 is 5.76 Å². The molecular formula is C20H22N2O5. The van der Waals surface area contributed by atoms with Crippen LogP contribution in [0.15, 0.2) is 45.6 Å². The fourth-order valence-corrected chi connectivity index (χ4v) is 3.14. The molecule has 1 amide bonds. The van der Waals surface area contributed by atoms with Crippen LogP contribution in [-0.2, 0) is 4.79 Å². The summed E-state index contributed by atoms with van der Waals surface area (Å²) in [5.74, 6) is 0.176. The van der Waals surface area contributed by atoms with E-state index in [9.17, 15) is 9.59 Å². The lowest BCUT2D eigenvalue weighted by Gasteiger charge is -2.22. The van der Waals surface area contributed by atoms with E-state index in [2.05, 4.69) is 10.3 Å². The number of benzene rings is 2. The summed E-state index contributed by atoms with van der Waals surface area (Å²) < 4.78 is 15.6. The van der Waals surface area contributed by atoms with Crippen molar-refractivity contribution in [2.45, 2.75) is 19.8 Å². The molecule has 1 unspecified atom stereocenters. The number of aromatic amines is 1. The number of rotatable bonds is 6. The van der Waals surface area contributed by atoms with Crippen molar-refractivity contribution in [2.75, 3.05) is 19.5 Å². The van der Waals surface area contributed by atoms with Gasteiger partial charge < -0.3 is 19.2 Å². The minimum absolute atomic E-state index is 0.0561. The Hall–Kier alpha value is -3.22. The molecule has 0 aliphatic rings. The number of anilines is 1. The largest absolute Gasteiger partial charge is 0.493 e. The van der Waals surface area contributed by atoms with E-state index in [-0.39, 0.29) is 17.7 Å². The van der Waals surface area contributed by atoms with Gasteiger partial charge in [0.25, 0.3) is 0 Å². The molecule has 7 nitrogen and oxygen atoms in total. The van der Waals surface area contributed by atoms with Crippen molar-refractivity contribution in [3.05, 3.63) is 52.5 Å². The van der Waals surface area contributed by atoms with Gasteiger partial charge in [-0.2, -0.15) is 0 Å². The van der Waals surface area contributed by atoms with Gasteiger partial charge in [0.15, 0.2) is 17.1 Å². The smallest absolute Gasteiger partial charge is 0.417 e. The molecule has 1 heterocycles. The Morgan fingerprint density at radius 2 is 1.81 bits per heavy atom. The molecule has 0 bridgehead atoms. The lowest BCUT2D eigenvalue weighted by molar-refractivity contribution is -0.118. The van der Waals surface area contributed by atoms with Gasteiger partial charge in [-0.15, -0.1) is 0 Å². The van der Waals surface area contributed by atoms with Crippen LogP contribution < -0.4 is 20.5 Å². The minimum Gasteiger partial charge on any atom is -0.493 e. The highest BCUT2D eigenvalue weighted by Gasteiger charge is 2.25. The first-order valence-corrected chi connectivity index (χ1v) is 8.58. The van der Waals surface area contributed by atoms with Crippen LogP contribution in [0.25, 0.3) is 11.1 Å². The maximum absolute atomic E-state index is 13.0. The lowest BCUT2D eigenvalue weighted by Crippen LogP contribution is -2.25. The molecule has 1 atom stereocenters.